The second-order valence-electron chi connectivity index (χ2n) is 5.53. The third-order valence-corrected chi connectivity index (χ3v) is 3.79. The number of aromatic amines is 1. The van der Waals surface area contributed by atoms with Gasteiger partial charge in [0, 0.05) is 17.8 Å². The first-order chi connectivity index (χ1) is 10.5. The third kappa shape index (κ3) is 3.64. The van der Waals surface area contributed by atoms with E-state index in [0.29, 0.717) is 17.8 Å². The molecule has 0 saturated carbocycles. The first kappa shape index (κ1) is 16.0. The summed E-state index contributed by atoms with van der Waals surface area (Å²) in [5, 5.41) is 2.91. The summed E-state index contributed by atoms with van der Waals surface area (Å²) >= 11 is 0. The highest BCUT2D eigenvalue weighted by Gasteiger charge is 2.19. The Morgan fingerprint density at radius 3 is 2.41 bits per heavy atom. The van der Waals surface area contributed by atoms with Gasteiger partial charge >= 0.3 is 0 Å². The van der Waals surface area contributed by atoms with Crippen LogP contribution in [0.3, 0.4) is 0 Å². The number of hydrogen-bond acceptors (Lipinski definition) is 2. The molecule has 2 N–H and O–H groups in total. The Balaban J connectivity index is 1.90. The number of benzene rings is 1. The predicted octanol–water partition coefficient (Wildman–Crippen LogP) is 3.20. The number of H-pyrrole nitrogens is 1. The summed E-state index contributed by atoms with van der Waals surface area (Å²) < 4.78 is 0. The van der Waals surface area contributed by atoms with Crippen molar-refractivity contribution >= 4 is 11.7 Å². The maximum Gasteiger partial charge on any atom is 0.268 e. The van der Waals surface area contributed by atoms with Crippen molar-refractivity contribution in [2.24, 2.45) is 0 Å². The van der Waals surface area contributed by atoms with E-state index in [1.54, 1.807) is 6.92 Å². The fourth-order valence-corrected chi connectivity index (χ4v) is 2.73. The second kappa shape index (κ2) is 7.07. The predicted molar refractivity (Wildman–Crippen MR) is 87.4 cm³/mol. The van der Waals surface area contributed by atoms with E-state index in [-0.39, 0.29) is 11.7 Å². The van der Waals surface area contributed by atoms with E-state index < -0.39 is 0 Å². The van der Waals surface area contributed by atoms with Gasteiger partial charge in [-0.05, 0) is 44.7 Å². The third-order valence-electron chi connectivity index (χ3n) is 3.79. The van der Waals surface area contributed by atoms with E-state index in [4.69, 9.17) is 0 Å². The van der Waals surface area contributed by atoms with Crippen molar-refractivity contribution < 1.29 is 9.59 Å². The van der Waals surface area contributed by atoms with Gasteiger partial charge in [0.1, 0.15) is 5.69 Å². The first-order valence-corrected chi connectivity index (χ1v) is 7.53. The largest absolute Gasteiger partial charge is 0.354 e. The standard InChI is InChI=1S/C18H22N2O2/c1-12-16(14(3)21)13(2)20-17(12)18(22)19-11-7-10-15-8-5-4-6-9-15/h4-6,8-9,20H,7,10-11H2,1-3H3,(H,19,22). The molecule has 116 valence electrons. The van der Waals surface area contributed by atoms with Crippen LogP contribution in [-0.2, 0) is 6.42 Å². The van der Waals surface area contributed by atoms with Crippen molar-refractivity contribution in [3.05, 3.63) is 58.4 Å². The van der Waals surface area contributed by atoms with E-state index in [1.165, 1.54) is 12.5 Å². The Morgan fingerprint density at radius 1 is 1.14 bits per heavy atom. The lowest BCUT2D eigenvalue weighted by Crippen LogP contribution is -2.25. The number of Topliss-reactive ketones (excluding diaryl/α,β-unsaturated/α-hetero) is 1. The van der Waals surface area contributed by atoms with E-state index in [9.17, 15) is 9.59 Å². The monoisotopic (exact) mass is 298 g/mol. The van der Waals surface area contributed by atoms with Gasteiger partial charge in [-0.15, -0.1) is 0 Å². The van der Waals surface area contributed by atoms with Crippen LogP contribution in [0.1, 0.15) is 51.0 Å². The number of aromatic nitrogens is 1. The minimum Gasteiger partial charge on any atom is -0.354 e. The maximum atomic E-state index is 12.2. The summed E-state index contributed by atoms with van der Waals surface area (Å²) in [6, 6.07) is 10.2. The Hall–Kier alpha value is -2.36. The number of carbonyl (C=O) groups excluding carboxylic acids is 2. The number of ketones is 1. The van der Waals surface area contributed by atoms with Gasteiger partial charge in [0.15, 0.2) is 5.78 Å². The molecule has 0 radical (unpaired) electrons. The number of carbonyl (C=O) groups is 2. The average molecular weight is 298 g/mol. The number of aryl methyl sites for hydroxylation is 2. The lowest BCUT2D eigenvalue weighted by atomic mass is 10.1. The Labute approximate surface area is 130 Å². The highest BCUT2D eigenvalue weighted by molar-refractivity contribution is 6.02. The molecule has 22 heavy (non-hydrogen) atoms. The normalized spacial score (nSPS) is 10.5. The van der Waals surface area contributed by atoms with Gasteiger partial charge < -0.3 is 10.3 Å². The number of rotatable bonds is 6. The van der Waals surface area contributed by atoms with Gasteiger partial charge in [-0.25, -0.2) is 0 Å². The van der Waals surface area contributed by atoms with Crippen LogP contribution in [-0.4, -0.2) is 23.2 Å². The smallest absolute Gasteiger partial charge is 0.268 e. The molecule has 0 aliphatic carbocycles. The van der Waals surface area contributed by atoms with E-state index in [2.05, 4.69) is 22.4 Å². The van der Waals surface area contributed by atoms with Crippen molar-refractivity contribution in [3.63, 3.8) is 0 Å². The maximum absolute atomic E-state index is 12.2. The van der Waals surface area contributed by atoms with E-state index in [0.717, 1.165) is 24.1 Å². The molecule has 2 rings (SSSR count). The van der Waals surface area contributed by atoms with E-state index in [1.807, 2.05) is 25.1 Å². The summed E-state index contributed by atoms with van der Waals surface area (Å²) in [4.78, 5) is 26.8. The summed E-state index contributed by atoms with van der Waals surface area (Å²) in [5.74, 6) is -0.171. The van der Waals surface area contributed by atoms with Crippen LogP contribution in [0.2, 0.25) is 0 Å². The number of amides is 1. The van der Waals surface area contributed by atoms with Crippen molar-refractivity contribution in [1.29, 1.82) is 0 Å². The molecule has 0 fully saturated rings. The fourth-order valence-electron chi connectivity index (χ4n) is 2.73. The van der Waals surface area contributed by atoms with Crippen molar-refractivity contribution in [2.45, 2.75) is 33.6 Å². The minimum absolute atomic E-state index is 0.0191. The zero-order valence-electron chi connectivity index (χ0n) is 13.3. The molecular weight excluding hydrogens is 276 g/mol. The summed E-state index contributed by atoms with van der Waals surface area (Å²) in [6.07, 6.45) is 1.82. The molecule has 0 atom stereocenters. The van der Waals surface area contributed by atoms with Gasteiger partial charge in [0.05, 0.1) is 0 Å². The summed E-state index contributed by atoms with van der Waals surface area (Å²) in [6.45, 7) is 5.75. The summed E-state index contributed by atoms with van der Waals surface area (Å²) in [7, 11) is 0. The van der Waals surface area contributed by atoms with Crippen molar-refractivity contribution in [3.8, 4) is 0 Å². The molecule has 1 aromatic heterocycles. The molecular formula is C18H22N2O2. The zero-order valence-corrected chi connectivity index (χ0v) is 13.3. The Kier molecular flexibility index (Phi) is 5.15. The first-order valence-electron chi connectivity index (χ1n) is 7.53. The molecule has 0 unspecified atom stereocenters. The van der Waals surface area contributed by atoms with Crippen LogP contribution in [0, 0.1) is 13.8 Å². The molecule has 0 aliphatic heterocycles. The molecule has 1 heterocycles. The average Bonchev–Trinajstić information content (AvgIpc) is 2.79. The highest BCUT2D eigenvalue weighted by atomic mass is 16.2. The number of hydrogen-bond donors (Lipinski definition) is 2. The summed E-state index contributed by atoms with van der Waals surface area (Å²) in [5.41, 5.74) is 3.85. The minimum atomic E-state index is -0.152. The van der Waals surface area contributed by atoms with Gasteiger partial charge in [0.2, 0.25) is 0 Å². The lowest BCUT2D eigenvalue weighted by Gasteiger charge is -2.05. The van der Waals surface area contributed by atoms with Gasteiger partial charge in [0.25, 0.3) is 5.91 Å². The van der Waals surface area contributed by atoms with Crippen LogP contribution in [0.4, 0.5) is 0 Å². The van der Waals surface area contributed by atoms with Crippen molar-refractivity contribution in [2.75, 3.05) is 6.54 Å². The quantitative estimate of drug-likeness (QED) is 0.635. The lowest BCUT2D eigenvalue weighted by molar-refractivity contribution is 0.0948. The molecule has 1 amide bonds. The number of nitrogens with one attached hydrogen (secondary N) is 2. The zero-order chi connectivity index (χ0) is 16.1. The van der Waals surface area contributed by atoms with Crippen LogP contribution in [0.25, 0.3) is 0 Å². The van der Waals surface area contributed by atoms with Crippen molar-refractivity contribution in [1.82, 2.24) is 10.3 Å². The molecule has 0 aliphatic rings. The second-order valence-corrected chi connectivity index (χ2v) is 5.53. The Bertz CT molecular complexity index is 672. The van der Waals surface area contributed by atoms with Crippen LogP contribution < -0.4 is 5.32 Å². The topological polar surface area (TPSA) is 62.0 Å². The fraction of sp³-hybridized carbons (Fsp3) is 0.333. The van der Waals surface area contributed by atoms with Gasteiger partial charge in [-0.3, -0.25) is 9.59 Å². The molecule has 0 bridgehead atoms. The molecule has 4 heteroatoms. The van der Waals surface area contributed by atoms with Gasteiger partial charge in [-0.2, -0.15) is 0 Å². The van der Waals surface area contributed by atoms with Crippen LogP contribution in [0.15, 0.2) is 30.3 Å². The molecule has 0 saturated heterocycles. The molecule has 4 nitrogen and oxygen atoms in total. The van der Waals surface area contributed by atoms with Crippen LogP contribution in [0.5, 0.6) is 0 Å². The molecule has 1 aromatic carbocycles. The molecule has 0 spiro atoms. The van der Waals surface area contributed by atoms with Crippen LogP contribution >= 0.6 is 0 Å². The molecule has 2 aromatic rings. The Morgan fingerprint density at radius 2 is 1.82 bits per heavy atom. The SMILES string of the molecule is CC(=O)c1c(C)[nH]c(C(=O)NCCCc2ccccc2)c1C. The highest BCUT2D eigenvalue weighted by Crippen LogP contribution is 2.18. The van der Waals surface area contributed by atoms with E-state index >= 15 is 0 Å². The van der Waals surface area contributed by atoms with Gasteiger partial charge in [-0.1, -0.05) is 30.3 Å².